The fraction of sp³-hybridized carbons (Fsp3) is 0.588. The Kier molecular flexibility index (Phi) is 7.83. The summed E-state index contributed by atoms with van der Waals surface area (Å²) in [5.74, 6) is 0.612. The fourth-order valence-electron chi connectivity index (χ4n) is 1.99. The Bertz CT molecular complexity index is 444. The van der Waals surface area contributed by atoms with E-state index in [-0.39, 0.29) is 5.91 Å². The molecular formula is C17H28N2O2. The van der Waals surface area contributed by atoms with Crippen LogP contribution in [0.1, 0.15) is 43.1 Å². The highest BCUT2D eigenvalue weighted by Crippen LogP contribution is 2.14. The Morgan fingerprint density at radius 3 is 2.67 bits per heavy atom. The Labute approximate surface area is 128 Å². The molecule has 0 atom stereocenters. The SMILES string of the molecule is CCNc1ccc(C(=O)NCCOCCC(C)C)c(C)c1. The van der Waals surface area contributed by atoms with Crippen LogP contribution < -0.4 is 10.6 Å². The van der Waals surface area contributed by atoms with E-state index in [1.54, 1.807) is 0 Å². The lowest BCUT2D eigenvalue weighted by Gasteiger charge is -2.11. The van der Waals surface area contributed by atoms with Gasteiger partial charge in [0.25, 0.3) is 5.91 Å². The predicted molar refractivity (Wildman–Crippen MR) is 87.9 cm³/mol. The minimum atomic E-state index is -0.0389. The summed E-state index contributed by atoms with van der Waals surface area (Å²) in [6.45, 7) is 11.1. The number of nitrogens with one attached hydrogen (secondary N) is 2. The lowest BCUT2D eigenvalue weighted by atomic mass is 10.1. The van der Waals surface area contributed by atoms with Crippen molar-refractivity contribution in [3.05, 3.63) is 29.3 Å². The van der Waals surface area contributed by atoms with Gasteiger partial charge in [-0.2, -0.15) is 0 Å². The minimum absolute atomic E-state index is 0.0389. The summed E-state index contributed by atoms with van der Waals surface area (Å²) in [6.07, 6.45) is 1.05. The quantitative estimate of drug-likeness (QED) is 0.687. The molecule has 1 aromatic carbocycles. The van der Waals surface area contributed by atoms with Crippen LogP contribution in [-0.4, -0.2) is 32.2 Å². The average Bonchev–Trinajstić information content (AvgIpc) is 2.42. The van der Waals surface area contributed by atoms with Crippen molar-refractivity contribution in [2.24, 2.45) is 5.92 Å². The lowest BCUT2D eigenvalue weighted by molar-refractivity contribution is 0.0905. The maximum Gasteiger partial charge on any atom is 0.251 e. The van der Waals surface area contributed by atoms with Gasteiger partial charge >= 0.3 is 0 Å². The van der Waals surface area contributed by atoms with Crippen LogP contribution in [0.25, 0.3) is 0 Å². The van der Waals surface area contributed by atoms with Crippen LogP contribution in [0.3, 0.4) is 0 Å². The molecule has 0 unspecified atom stereocenters. The molecule has 0 spiro atoms. The first kappa shape index (κ1) is 17.5. The molecule has 4 heteroatoms. The van der Waals surface area contributed by atoms with Gasteiger partial charge in [-0.05, 0) is 49.9 Å². The second-order valence-corrected chi connectivity index (χ2v) is 5.61. The number of aryl methyl sites for hydroxylation is 1. The number of rotatable bonds is 9. The van der Waals surface area contributed by atoms with Crippen molar-refractivity contribution in [2.75, 3.05) is 31.6 Å². The van der Waals surface area contributed by atoms with Gasteiger partial charge in [0, 0.05) is 30.9 Å². The average molecular weight is 292 g/mol. The van der Waals surface area contributed by atoms with Gasteiger partial charge in [-0.15, -0.1) is 0 Å². The molecule has 0 fully saturated rings. The van der Waals surface area contributed by atoms with Gasteiger partial charge in [-0.3, -0.25) is 4.79 Å². The van der Waals surface area contributed by atoms with Crippen LogP contribution in [0.5, 0.6) is 0 Å². The van der Waals surface area contributed by atoms with E-state index in [0.717, 1.165) is 36.4 Å². The van der Waals surface area contributed by atoms with Crippen molar-refractivity contribution in [2.45, 2.75) is 34.1 Å². The third-order valence-electron chi connectivity index (χ3n) is 3.22. The van der Waals surface area contributed by atoms with Crippen LogP contribution in [0, 0.1) is 12.8 Å². The molecule has 1 aromatic rings. The molecule has 0 radical (unpaired) electrons. The first-order valence-corrected chi connectivity index (χ1v) is 7.75. The van der Waals surface area contributed by atoms with Crippen molar-refractivity contribution in [1.82, 2.24) is 5.32 Å². The van der Waals surface area contributed by atoms with Gasteiger partial charge < -0.3 is 15.4 Å². The molecule has 0 saturated carbocycles. The van der Waals surface area contributed by atoms with Crippen LogP contribution in [0.4, 0.5) is 5.69 Å². The summed E-state index contributed by atoms with van der Waals surface area (Å²) >= 11 is 0. The highest BCUT2D eigenvalue weighted by atomic mass is 16.5. The summed E-state index contributed by atoms with van der Waals surface area (Å²) in [6, 6.07) is 5.80. The van der Waals surface area contributed by atoms with Crippen LogP contribution in [-0.2, 0) is 4.74 Å². The summed E-state index contributed by atoms with van der Waals surface area (Å²) in [4.78, 5) is 12.1. The summed E-state index contributed by atoms with van der Waals surface area (Å²) < 4.78 is 5.49. The standard InChI is InChI=1S/C17H28N2O2/c1-5-18-15-6-7-16(14(4)12-15)17(20)19-9-11-21-10-8-13(2)3/h6-7,12-13,18H,5,8-11H2,1-4H3,(H,19,20). The zero-order chi connectivity index (χ0) is 15.7. The number of carbonyl (C=O) groups excluding carboxylic acids is 1. The molecule has 1 rings (SSSR count). The molecule has 118 valence electrons. The zero-order valence-electron chi connectivity index (χ0n) is 13.7. The van der Waals surface area contributed by atoms with E-state index in [4.69, 9.17) is 4.74 Å². The van der Waals surface area contributed by atoms with E-state index in [1.807, 2.05) is 25.1 Å². The molecular weight excluding hydrogens is 264 g/mol. The minimum Gasteiger partial charge on any atom is -0.385 e. The normalized spacial score (nSPS) is 10.7. The lowest BCUT2D eigenvalue weighted by Crippen LogP contribution is -2.28. The molecule has 4 nitrogen and oxygen atoms in total. The molecule has 1 amide bonds. The number of anilines is 1. The van der Waals surface area contributed by atoms with Crippen molar-refractivity contribution in [3.8, 4) is 0 Å². The Morgan fingerprint density at radius 1 is 1.29 bits per heavy atom. The molecule has 0 aliphatic rings. The van der Waals surface area contributed by atoms with E-state index in [9.17, 15) is 4.79 Å². The third-order valence-corrected chi connectivity index (χ3v) is 3.22. The fourth-order valence-corrected chi connectivity index (χ4v) is 1.99. The maximum atomic E-state index is 12.1. The Morgan fingerprint density at radius 2 is 2.05 bits per heavy atom. The number of ether oxygens (including phenoxy) is 1. The van der Waals surface area contributed by atoms with Gasteiger partial charge in [0.15, 0.2) is 0 Å². The van der Waals surface area contributed by atoms with Crippen molar-refractivity contribution < 1.29 is 9.53 Å². The molecule has 0 aliphatic heterocycles. The summed E-state index contributed by atoms with van der Waals surface area (Å²) in [5.41, 5.74) is 2.74. The molecule has 21 heavy (non-hydrogen) atoms. The van der Waals surface area contributed by atoms with E-state index in [1.165, 1.54) is 0 Å². The topological polar surface area (TPSA) is 50.4 Å². The van der Waals surface area contributed by atoms with Gasteiger partial charge in [0.05, 0.1) is 6.61 Å². The van der Waals surface area contributed by atoms with Crippen molar-refractivity contribution in [1.29, 1.82) is 0 Å². The molecule has 0 aromatic heterocycles. The largest absolute Gasteiger partial charge is 0.385 e. The van der Waals surface area contributed by atoms with Crippen molar-refractivity contribution >= 4 is 11.6 Å². The number of benzene rings is 1. The number of hydrogen-bond acceptors (Lipinski definition) is 3. The Hall–Kier alpha value is -1.55. The molecule has 0 heterocycles. The van der Waals surface area contributed by atoms with Crippen LogP contribution in [0.15, 0.2) is 18.2 Å². The Balaban J connectivity index is 2.35. The van der Waals surface area contributed by atoms with E-state index >= 15 is 0 Å². The van der Waals surface area contributed by atoms with Gasteiger partial charge in [0.1, 0.15) is 0 Å². The van der Waals surface area contributed by atoms with Gasteiger partial charge in [0.2, 0.25) is 0 Å². The smallest absolute Gasteiger partial charge is 0.251 e. The highest BCUT2D eigenvalue weighted by Gasteiger charge is 2.08. The van der Waals surface area contributed by atoms with Crippen LogP contribution in [0.2, 0.25) is 0 Å². The second kappa shape index (κ2) is 9.40. The second-order valence-electron chi connectivity index (χ2n) is 5.61. The first-order valence-electron chi connectivity index (χ1n) is 7.75. The molecule has 2 N–H and O–H groups in total. The maximum absolute atomic E-state index is 12.1. The predicted octanol–water partition coefficient (Wildman–Crippen LogP) is 3.22. The molecule has 0 bridgehead atoms. The summed E-state index contributed by atoms with van der Waals surface area (Å²) in [7, 11) is 0. The molecule has 0 saturated heterocycles. The molecule has 0 aliphatic carbocycles. The van der Waals surface area contributed by atoms with Gasteiger partial charge in [-0.1, -0.05) is 13.8 Å². The van der Waals surface area contributed by atoms with Crippen LogP contribution >= 0.6 is 0 Å². The number of carbonyl (C=O) groups is 1. The third kappa shape index (κ3) is 6.63. The monoisotopic (exact) mass is 292 g/mol. The van der Waals surface area contributed by atoms with Gasteiger partial charge in [-0.25, -0.2) is 0 Å². The number of hydrogen-bond donors (Lipinski definition) is 2. The zero-order valence-corrected chi connectivity index (χ0v) is 13.7. The van der Waals surface area contributed by atoms with E-state index < -0.39 is 0 Å². The van der Waals surface area contributed by atoms with E-state index in [2.05, 4.69) is 31.4 Å². The first-order chi connectivity index (χ1) is 10.0. The number of amides is 1. The van der Waals surface area contributed by atoms with Crippen molar-refractivity contribution in [3.63, 3.8) is 0 Å². The highest BCUT2D eigenvalue weighted by molar-refractivity contribution is 5.96. The summed E-state index contributed by atoms with van der Waals surface area (Å²) in [5, 5.41) is 6.13. The van der Waals surface area contributed by atoms with E-state index in [0.29, 0.717) is 19.1 Å².